The third-order valence-corrected chi connectivity index (χ3v) is 5.20. The minimum Gasteiger partial charge on any atom is -0.325 e. The Morgan fingerprint density at radius 2 is 1.40 bits per heavy atom. The minimum absolute atomic E-state index is 0.112. The Kier molecular flexibility index (Phi) is 7.12. The zero-order chi connectivity index (χ0) is 21.5. The van der Waals surface area contributed by atoms with Crippen molar-refractivity contribution < 1.29 is 14.0 Å². The maximum Gasteiger partial charge on any atom is 0.235 e. The van der Waals surface area contributed by atoms with E-state index in [1.54, 1.807) is 24.3 Å². The summed E-state index contributed by atoms with van der Waals surface area (Å²) in [6.07, 6.45) is 0.454. The number of anilines is 1. The van der Waals surface area contributed by atoms with E-state index in [0.29, 0.717) is 12.1 Å². The van der Waals surface area contributed by atoms with Crippen LogP contribution in [0.4, 0.5) is 10.1 Å². The monoisotopic (exact) mass is 403 g/mol. The quantitative estimate of drug-likeness (QED) is 0.495. The fourth-order valence-electron chi connectivity index (χ4n) is 3.61. The summed E-state index contributed by atoms with van der Waals surface area (Å²) in [5.41, 5.74) is 2.43. The smallest absolute Gasteiger partial charge is 0.235 e. The second kappa shape index (κ2) is 9.97. The second-order valence-corrected chi connectivity index (χ2v) is 7.74. The van der Waals surface area contributed by atoms with Crippen LogP contribution in [0.1, 0.15) is 30.9 Å². The molecular formula is C26H26FNO2. The van der Waals surface area contributed by atoms with E-state index in [9.17, 15) is 14.0 Å². The highest BCUT2D eigenvalue weighted by Gasteiger charge is 2.37. The van der Waals surface area contributed by atoms with Crippen LogP contribution in [0.2, 0.25) is 0 Å². The van der Waals surface area contributed by atoms with Crippen LogP contribution in [0.5, 0.6) is 0 Å². The molecule has 0 aromatic heterocycles. The average molecular weight is 403 g/mol. The molecule has 0 aliphatic heterocycles. The van der Waals surface area contributed by atoms with Crippen LogP contribution in [0.15, 0.2) is 84.9 Å². The van der Waals surface area contributed by atoms with Gasteiger partial charge in [-0.25, -0.2) is 4.39 Å². The highest BCUT2D eigenvalue weighted by molar-refractivity contribution is 6.08. The van der Waals surface area contributed by atoms with E-state index in [1.165, 1.54) is 12.1 Å². The molecule has 3 nitrogen and oxygen atoms in total. The predicted octanol–water partition coefficient (Wildman–Crippen LogP) is 5.63. The first-order valence-electron chi connectivity index (χ1n) is 10.1. The number of hydrogen-bond donors (Lipinski definition) is 1. The van der Waals surface area contributed by atoms with E-state index >= 15 is 0 Å². The summed E-state index contributed by atoms with van der Waals surface area (Å²) < 4.78 is 13.4. The van der Waals surface area contributed by atoms with Crippen molar-refractivity contribution in [3.05, 3.63) is 102 Å². The third-order valence-electron chi connectivity index (χ3n) is 5.20. The molecule has 3 aromatic carbocycles. The molecule has 0 aliphatic carbocycles. The van der Waals surface area contributed by atoms with Crippen LogP contribution >= 0.6 is 0 Å². The zero-order valence-electron chi connectivity index (χ0n) is 17.2. The van der Waals surface area contributed by atoms with Crippen molar-refractivity contribution in [3.8, 4) is 0 Å². The molecule has 0 fully saturated rings. The van der Waals surface area contributed by atoms with Gasteiger partial charge in [0.15, 0.2) is 0 Å². The van der Waals surface area contributed by atoms with Gasteiger partial charge in [0.1, 0.15) is 17.5 Å². The highest BCUT2D eigenvalue weighted by atomic mass is 19.1. The van der Waals surface area contributed by atoms with Crippen molar-refractivity contribution >= 4 is 17.4 Å². The molecule has 154 valence electrons. The number of amides is 1. The Morgan fingerprint density at radius 1 is 0.833 bits per heavy atom. The van der Waals surface area contributed by atoms with Crippen molar-refractivity contribution in [2.24, 2.45) is 11.8 Å². The summed E-state index contributed by atoms with van der Waals surface area (Å²) in [6.45, 7) is 3.62. The normalized spacial score (nSPS) is 12.9. The van der Waals surface area contributed by atoms with Gasteiger partial charge in [0.2, 0.25) is 5.91 Å². The summed E-state index contributed by atoms with van der Waals surface area (Å²) in [5, 5.41) is 2.90. The summed E-state index contributed by atoms with van der Waals surface area (Å²) in [4.78, 5) is 26.5. The molecule has 1 amide bonds. The van der Waals surface area contributed by atoms with E-state index in [-0.39, 0.29) is 29.3 Å². The number of Topliss-reactive ketones (excluding diaryl/α,β-unsaturated/α-hetero) is 1. The second-order valence-electron chi connectivity index (χ2n) is 7.74. The number of ketones is 1. The number of nitrogens with one attached hydrogen (secondary N) is 1. The van der Waals surface area contributed by atoms with Gasteiger partial charge in [0, 0.05) is 17.5 Å². The number of para-hydroxylation sites is 1. The first-order chi connectivity index (χ1) is 14.5. The fourth-order valence-corrected chi connectivity index (χ4v) is 3.61. The summed E-state index contributed by atoms with van der Waals surface area (Å²) >= 11 is 0. The van der Waals surface area contributed by atoms with E-state index in [2.05, 4.69) is 5.32 Å². The van der Waals surface area contributed by atoms with Crippen LogP contribution in [0, 0.1) is 17.7 Å². The van der Waals surface area contributed by atoms with Crippen LogP contribution in [0.3, 0.4) is 0 Å². The maximum atomic E-state index is 13.4. The predicted molar refractivity (Wildman–Crippen MR) is 118 cm³/mol. The summed E-state index contributed by atoms with van der Waals surface area (Å²) in [7, 11) is 0. The highest BCUT2D eigenvalue weighted by Crippen LogP contribution is 2.32. The van der Waals surface area contributed by atoms with Gasteiger partial charge in [-0.15, -0.1) is 0 Å². The number of rotatable bonds is 8. The number of carbonyl (C=O) groups excluding carboxylic acids is 2. The molecule has 2 atom stereocenters. The number of carbonyl (C=O) groups is 2. The summed E-state index contributed by atoms with van der Waals surface area (Å²) in [5.74, 6) is -2.27. The van der Waals surface area contributed by atoms with Gasteiger partial charge in [0.25, 0.3) is 0 Å². The van der Waals surface area contributed by atoms with Crippen LogP contribution in [-0.4, -0.2) is 11.7 Å². The lowest BCUT2D eigenvalue weighted by Gasteiger charge is -2.27. The van der Waals surface area contributed by atoms with Gasteiger partial charge in [0.05, 0.1) is 0 Å². The number of benzene rings is 3. The summed E-state index contributed by atoms with van der Waals surface area (Å²) in [6, 6.07) is 24.9. The molecule has 0 saturated carbocycles. The van der Waals surface area contributed by atoms with Gasteiger partial charge in [-0.2, -0.15) is 0 Å². The third kappa shape index (κ3) is 5.41. The van der Waals surface area contributed by atoms with E-state index in [1.807, 2.05) is 62.4 Å². The fraction of sp³-hybridized carbons (Fsp3) is 0.231. The van der Waals surface area contributed by atoms with E-state index < -0.39 is 5.92 Å². The zero-order valence-corrected chi connectivity index (χ0v) is 17.2. The number of hydrogen-bond acceptors (Lipinski definition) is 2. The van der Waals surface area contributed by atoms with Crippen LogP contribution in [0.25, 0.3) is 0 Å². The van der Waals surface area contributed by atoms with Gasteiger partial charge in [-0.1, -0.05) is 74.5 Å². The van der Waals surface area contributed by atoms with Gasteiger partial charge < -0.3 is 5.32 Å². The van der Waals surface area contributed by atoms with E-state index in [0.717, 1.165) is 11.1 Å². The van der Waals surface area contributed by atoms with Crippen molar-refractivity contribution in [3.63, 3.8) is 0 Å². The lowest BCUT2D eigenvalue weighted by atomic mass is 9.76. The SMILES string of the molecule is CC(C)C(=O)C(C(=O)Nc1ccccc1)C(Cc1ccc(F)cc1)c1ccccc1. The van der Waals surface area contributed by atoms with Gasteiger partial charge in [-0.05, 0) is 41.8 Å². The molecule has 4 heteroatoms. The topological polar surface area (TPSA) is 46.2 Å². The molecule has 3 aromatic rings. The Balaban J connectivity index is 2.00. The minimum atomic E-state index is -0.863. The molecule has 0 bridgehead atoms. The molecule has 0 aliphatic rings. The molecule has 0 saturated heterocycles. The van der Waals surface area contributed by atoms with Gasteiger partial charge >= 0.3 is 0 Å². The number of halogens is 1. The molecule has 30 heavy (non-hydrogen) atoms. The lowest BCUT2D eigenvalue weighted by Crippen LogP contribution is -2.37. The Labute approximate surface area is 177 Å². The standard InChI is InChI=1S/C26H26FNO2/c1-18(2)25(29)24(26(30)28-22-11-7-4-8-12-22)23(20-9-5-3-6-10-20)17-19-13-15-21(27)16-14-19/h3-16,18,23-24H,17H2,1-2H3,(H,28,30). The molecule has 0 heterocycles. The molecule has 0 spiro atoms. The molecule has 3 rings (SSSR count). The Hall–Kier alpha value is -3.27. The Morgan fingerprint density at radius 3 is 1.97 bits per heavy atom. The van der Waals surface area contributed by atoms with Crippen molar-refractivity contribution in [1.29, 1.82) is 0 Å². The molecule has 1 N–H and O–H groups in total. The van der Waals surface area contributed by atoms with Gasteiger partial charge in [-0.3, -0.25) is 9.59 Å². The average Bonchev–Trinajstić information content (AvgIpc) is 2.76. The first kappa shape index (κ1) is 21.4. The largest absolute Gasteiger partial charge is 0.325 e. The maximum absolute atomic E-state index is 13.4. The molecular weight excluding hydrogens is 377 g/mol. The van der Waals surface area contributed by atoms with Crippen molar-refractivity contribution in [2.45, 2.75) is 26.2 Å². The Bertz CT molecular complexity index is 969. The lowest BCUT2D eigenvalue weighted by molar-refractivity contribution is -0.134. The van der Waals surface area contributed by atoms with Crippen LogP contribution in [-0.2, 0) is 16.0 Å². The van der Waals surface area contributed by atoms with Crippen LogP contribution < -0.4 is 5.32 Å². The van der Waals surface area contributed by atoms with Crippen molar-refractivity contribution in [2.75, 3.05) is 5.32 Å². The molecule has 2 unspecified atom stereocenters. The van der Waals surface area contributed by atoms with E-state index in [4.69, 9.17) is 0 Å². The van der Waals surface area contributed by atoms with Crippen molar-refractivity contribution in [1.82, 2.24) is 0 Å². The first-order valence-corrected chi connectivity index (χ1v) is 10.1. The molecule has 0 radical (unpaired) electrons.